The number of rotatable bonds is 6. The van der Waals surface area contributed by atoms with Crippen molar-refractivity contribution in [1.29, 1.82) is 0 Å². The second-order valence-corrected chi connectivity index (χ2v) is 7.44. The van der Waals surface area contributed by atoms with E-state index >= 15 is 0 Å². The summed E-state index contributed by atoms with van der Waals surface area (Å²) in [5.41, 5.74) is 2.33. The highest BCUT2D eigenvalue weighted by Crippen LogP contribution is 2.23. The van der Waals surface area contributed by atoms with Crippen molar-refractivity contribution in [3.8, 4) is 5.75 Å². The fourth-order valence-electron chi connectivity index (χ4n) is 2.24. The molecule has 3 N–H and O–H groups in total. The molecule has 0 saturated carbocycles. The van der Waals surface area contributed by atoms with Crippen LogP contribution in [0.2, 0.25) is 0 Å². The Labute approximate surface area is 152 Å². The van der Waals surface area contributed by atoms with Gasteiger partial charge in [-0.25, -0.2) is 13.6 Å². The molecule has 0 aliphatic rings. The number of ether oxygens (including phenoxy) is 1. The number of hydrogen-bond acceptors (Lipinski definition) is 5. The molecule has 0 aromatic heterocycles. The number of nitrogens with one attached hydrogen (secondary N) is 1. The molecule has 26 heavy (non-hydrogen) atoms. The highest BCUT2D eigenvalue weighted by atomic mass is 32.2. The Morgan fingerprint density at radius 1 is 1.12 bits per heavy atom. The third-order valence-corrected chi connectivity index (χ3v) is 4.77. The number of carbonyl (C=O) groups excluding carboxylic acids is 2. The number of Topliss-reactive ketones (excluding diaryl/α,β-unsaturated/α-hetero) is 1. The molecule has 0 radical (unpaired) electrons. The Bertz CT molecular complexity index is 950. The van der Waals surface area contributed by atoms with Crippen molar-refractivity contribution < 1.29 is 22.7 Å². The number of ketones is 1. The van der Waals surface area contributed by atoms with Gasteiger partial charge in [-0.3, -0.25) is 9.59 Å². The number of primary sulfonamides is 1. The van der Waals surface area contributed by atoms with Gasteiger partial charge in [-0.15, -0.1) is 0 Å². The van der Waals surface area contributed by atoms with Crippen molar-refractivity contribution in [2.24, 2.45) is 5.14 Å². The SMILES string of the molecule is CC(=O)c1ccc(OCC(=O)Nc2cc(S(N)(=O)=O)cc(C)c2C)cc1. The van der Waals surface area contributed by atoms with Gasteiger partial charge in [0.05, 0.1) is 4.90 Å². The Balaban J connectivity index is 2.08. The maximum Gasteiger partial charge on any atom is 0.262 e. The molecule has 7 nitrogen and oxygen atoms in total. The summed E-state index contributed by atoms with van der Waals surface area (Å²) < 4.78 is 28.4. The Hall–Kier alpha value is -2.71. The monoisotopic (exact) mass is 376 g/mol. The average molecular weight is 376 g/mol. The zero-order valence-electron chi connectivity index (χ0n) is 14.7. The van der Waals surface area contributed by atoms with Crippen LogP contribution in [0.4, 0.5) is 5.69 Å². The Morgan fingerprint density at radius 3 is 2.27 bits per heavy atom. The molecule has 0 aliphatic heterocycles. The van der Waals surface area contributed by atoms with Crippen molar-refractivity contribution in [2.75, 3.05) is 11.9 Å². The molecule has 0 fully saturated rings. The first kappa shape index (κ1) is 19.6. The van der Waals surface area contributed by atoms with Crippen LogP contribution in [0.15, 0.2) is 41.3 Å². The summed E-state index contributed by atoms with van der Waals surface area (Å²) in [6.45, 7) is 4.69. The molecular formula is C18H20N2O5S. The second-order valence-electron chi connectivity index (χ2n) is 5.88. The van der Waals surface area contributed by atoms with Crippen LogP contribution >= 0.6 is 0 Å². The van der Waals surface area contributed by atoms with Crippen molar-refractivity contribution in [2.45, 2.75) is 25.7 Å². The van der Waals surface area contributed by atoms with E-state index in [2.05, 4.69) is 5.32 Å². The topological polar surface area (TPSA) is 116 Å². The molecule has 0 saturated heterocycles. The predicted octanol–water partition coefficient (Wildman–Crippen LogP) is 2.17. The zero-order valence-corrected chi connectivity index (χ0v) is 15.5. The first-order valence-electron chi connectivity index (χ1n) is 7.75. The summed E-state index contributed by atoms with van der Waals surface area (Å²) >= 11 is 0. The van der Waals surface area contributed by atoms with E-state index in [1.807, 2.05) is 0 Å². The van der Waals surface area contributed by atoms with E-state index < -0.39 is 15.9 Å². The fourth-order valence-corrected chi connectivity index (χ4v) is 2.86. The lowest BCUT2D eigenvalue weighted by molar-refractivity contribution is -0.118. The summed E-state index contributed by atoms with van der Waals surface area (Å²) in [7, 11) is -3.88. The predicted molar refractivity (Wildman–Crippen MR) is 97.9 cm³/mol. The third kappa shape index (κ3) is 4.90. The zero-order chi connectivity index (χ0) is 19.5. The van der Waals surface area contributed by atoms with E-state index in [1.54, 1.807) is 38.1 Å². The lowest BCUT2D eigenvalue weighted by atomic mass is 10.1. The van der Waals surface area contributed by atoms with Crippen LogP contribution < -0.4 is 15.2 Å². The number of nitrogens with two attached hydrogens (primary N) is 1. The Morgan fingerprint density at radius 2 is 1.73 bits per heavy atom. The molecule has 2 aromatic rings. The number of aryl methyl sites for hydroxylation is 1. The van der Waals surface area contributed by atoms with E-state index in [1.165, 1.54) is 19.1 Å². The molecule has 0 aliphatic carbocycles. The van der Waals surface area contributed by atoms with Crippen LogP contribution in [-0.4, -0.2) is 26.7 Å². The largest absolute Gasteiger partial charge is 0.484 e. The number of carbonyl (C=O) groups is 2. The molecule has 138 valence electrons. The summed E-state index contributed by atoms with van der Waals surface area (Å²) in [4.78, 5) is 23.3. The van der Waals surface area contributed by atoms with E-state index in [9.17, 15) is 18.0 Å². The molecule has 2 aromatic carbocycles. The molecule has 1 amide bonds. The number of anilines is 1. The van der Waals surface area contributed by atoms with Crippen molar-refractivity contribution >= 4 is 27.4 Å². The van der Waals surface area contributed by atoms with Gasteiger partial charge in [-0.2, -0.15) is 0 Å². The fraction of sp³-hybridized carbons (Fsp3) is 0.222. The van der Waals surface area contributed by atoms with Crippen molar-refractivity contribution in [3.05, 3.63) is 53.1 Å². The Kier molecular flexibility index (Phi) is 5.79. The summed E-state index contributed by atoms with van der Waals surface area (Å²) in [5.74, 6) is -0.0686. The van der Waals surface area contributed by atoms with Crippen LogP contribution in [0.1, 0.15) is 28.4 Å². The van der Waals surface area contributed by atoms with Gasteiger partial charge in [0.15, 0.2) is 12.4 Å². The molecule has 0 bridgehead atoms. The van der Waals surface area contributed by atoms with Gasteiger partial charge in [0.25, 0.3) is 5.91 Å². The minimum Gasteiger partial charge on any atom is -0.484 e. The lowest BCUT2D eigenvalue weighted by Crippen LogP contribution is -2.21. The molecule has 0 spiro atoms. The molecular weight excluding hydrogens is 356 g/mol. The quantitative estimate of drug-likeness (QED) is 0.750. The van der Waals surface area contributed by atoms with E-state index in [0.29, 0.717) is 22.6 Å². The second kappa shape index (κ2) is 7.67. The van der Waals surface area contributed by atoms with Gasteiger partial charge in [-0.05, 0) is 68.3 Å². The van der Waals surface area contributed by atoms with Crippen LogP contribution in [0.5, 0.6) is 5.75 Å². The van der Waals surface area contributed by atoms with Crippen molar-refractivity contribution in [3.63, 3.8) is 0 Å². The summed E-state index contributed by atoms with van der Waals surface area (Å²) in [6, 6.07) is 9.18. The molecule has 2 rings (SSSR count). The van der Waals surface area contributed by atoms with E-state index in [0.717, 1.165) is 5.56 Å². The first-order chi connectivity index (χ1) is 12.1. The van der Waals surface area contributed by atoms with Crippen molar-refractivity contribution in [1.82, 2.24) is 0 Å². The van der Waals surface area contributed by atoms with Gasteiger partial charge >= 0.3 is 0 Å². The number of amides is 1. The third-order valence-electron chi connectivity index (χ3n) is 3.87. The van der Waals surface area contributed by atoms with E-state index in [-0.39, 0.29) is 17.3 Å². The molecule has 0 heterocycles. The van der Waals surface area contributed by atoms with Crippen LogP contribution in [0, 0.1) is 13.8 Å². The van der Waals surface area contributed by atoms with Crippen LogP contribution in [0.3, 0.4) is 0 Å². The lowest BCUT2D eigenvalue weighted by Gasteiger charge is -2.13. The summed E-state index contributed by atoms with van der Waals surface area (Å²) in [5, 5.41) is 7.78. The summed E-state index contributed by atoms with van der Waals surface area (Å²) in [6.07, 6.45) is 0. The molecule has 0 atom stereocenters. The van der Waals surface area contributed by atoms with Gasteiger partial charge in [0, 0.05) is 11.3 Å². The molecule has 0 unspecified atom stereocenters. The van der Waals surface area contributed by atoms with Gasteiger partial charge < -0.3 is 10.1 Å². The highest BCUT2D eigenvalue weighted by Gasteiger charge is 2.14. The maximum absolute atomic E-state index is 12.1. The smallest absolute Gasteiger partial charge is 0.262 e. The minimum atomic E-state index is -3.88. The number of sulfonamides is 1. The maximum atomic E-state index is 12.1. The van der Waals surface area contributed by atoms with Gasteiger partial charge in [0.1, 0.15) is 5.75 Å². The van der Waals surface area contributed by atoms with Gasteiger partial charge in [-0.1, -0.05) is 0 Å². The van der Waals surface area contributed by atoms with Crippen LogP contribution in [-0.2, 0) is 14.8 Å². The minimum absolute atomic E-state index is 0.0603. The standard InChI is InChI=1S/C18H20N2O5S/c1-11-8-16(26(19,23)24)9-17(12(11)2)20-18(22)10-25-15-6-4-14(5-7-15)13(3)21/h4-9H,10H2,1-3H3,(H,20,22)(H2,19,23,24). The molecule has 8 heteroatoms. The van der Waals surface area contributed by atoms with Crippen LogP contribution in [0.25, 0.3) is 0 Å². The highest BCUT2D eigenvalue weighted by molar-refractivity contribution is 7.89. The van der Waals surface area contributed by atoms with E-state index in [4.69, 9.17) is 9.88 Å². The average Bonchev–Trinajstić information content (AvgIpc) is 2.56. The number of hydrogen-bond donors (Lipinski definition) is 2. The normalized spacial score (nSPS) is 11.1. The van der Waals surface area contributed by atoms with Gasteiger partial charge in [0.2, 0.25) is 10.0 Å². The number of benzene rings is 2. The first-order valence-corrected chi connectivity index (χ1v) is 9.30.